The minimum absolute atomic E-state index is 0.121. The van der Waals surface area contributed by atoms with Crippen molar-refractivity contribution in [2.45, 2.75) is 13.1 Å². The van der Waals surface area contributed by atoms with Gasteiger partial charge in [-0.3, -0.25) is 4.79 Å². The summed E-state index contributed by atoms with van der Waals surface area (Å²) in [5.74, 6) is -2.64. The highest BCUT2D eigenvalue weighted by Gasteiger charge is 2.38. The van der Waals surface area contributed by atoms with E-state index in [1.165, 1.54) is 0 Å². The number of carbonyl (C=O) groups is 2. The molecule has 1 aromatic carbocycles. The van der Waals surface area contributed by atoms with E-state index in [4.69, 9.17) is 9.90 Å². The molecule has 0 atom stereocenters. The van der Waals surface area contributed by atoms with Crippen LogP contribution in [-0.2, 0) is 4.79 Å². The Bertz CT molecular complexity index is 357. The lowest BCUT2D eigenvalue weighted by Crippen LogP contribution is -2.21. The number of hydrogen-bond donors (Lipinski definition) is 1. The maximum absolute atomic E-state index is 10.6. The van der Waals surface area contributed by atoms with Crippen molar-refractivity contribution >= 4 is 11.8 Å². The van der Waals surface area contributed by atoms with Gasteiger partial charge >= 0.3 is 12.1 Å². The van der Waals surface area contributed by atoms with Crippen LogP contribution < -0.4 is 0 Å². The maximum Gasteiger partial charge on any atom is 0.490 e. The minimum atomic E-state index is -5.08. The van der Waals surface area contributed by atoms with Crippen LogP contribution in [0.5, 0.6) is 0 Å². The highest BCUT2D eigenvalue weighted by Crippen LogP contribution is 2.13. The molecule has 0 aromatic heterocycles. The Kier molecular flexibility index (Phi) is 5.21. The molecule has 1 N–H and O–H groups in total. The van der Waals surface area contributed by atoms with Crippen LogP contribution in [0.3, 0.4) is 0 Å². The first-order valence-electron chi connectivity index (χ1n) is 4.11. The topological polar surface area (TPSA) is 54.4 Å². The Balaban J connectivity index is 0.000000293. The van der Waals surface area contributed by atoms with Crippen LogP contribution >= 0.6 is 0 Å². The van der Waals surface area contributed by atoms with Gasteiger partial charge in [-0.15, -0.1) is 0 Å². The standard InChI is InChI=1S/C8H8O.C2HF3O2/c1-7(9)8-5-3-2-4-6-8;3-2(4,5)1(6)7/h2-6H,1H3;(H,6,7). The van der Waals surface area contributed by atoms with Gasteiger partial charge < -0.3 is 5.11 Å². The van der Waals surface area contributed by atoms with Gasteiger partial charge in [-0.2, -0.15) is 13.2 Å². The lowest BCUT2D eigenvalue weighted by Gasteiger charge is -1.93. The normalized spacial score (nSPS) is 10.0. The van der Waals surface area contributed by atoms with Crippen molar-refractivity contribution in [3.8, 4) is 0 Å². The van der Waals surface area contributed by atoms with E-state index in [2.05, 4.69) is 0 Å². The molecule has 6 heteroatoms. The van der Waals surface area contributed by atoms with E-state index in [1.54, 1.807) is 6.92 Å². The number of benzene rings is 1. The molecule has 1 aromatic rings. The fraction of sp³-hybridized carbons (Fsp3) is 0.200. The summed E-state index contributed by atoms with van der Waals surface area (Å²) in [5.41, 5.74) is 0.775. The Labute approximate surface area is 89.5 Å². The summed E-state index contributed by atoms with van der Waals surface area (Å²) in [6.07, 6.45) is -5.08. The maximum atomic E-state index is 10.6. The van der Waals surface area contributed by atoms with Crippen molar-refractivity contribution in [2.75, 3.05) is 0 Å². The molecule has 0 aliphatic heterocycles. The lowest BCUT2D eigenvalue weighted by molar-refractivity contribution is -0.192. The number of halogens is 3. The van der Waals surface area contributed by atoms with Crippen molar-refractivity contribution < 1.29 is 27.9 Å². The minimum Gasteiger partial charge on any atom is -0.475 e. The van der Waals surface area contributed by atoms with Gasteiger partial charge in [0.2, 0.25) is 0 Å². The third-order valence-electron chi connectivity index (χ3n) is 1.42. The largest absolute Gasteiger partial charge is 0.490 e. The molecule has 0 aliphatic rings. The molecule has 0 spiro atoms. The summed E-state index contributed by atoms with van der Waals surface area (Å²) in [6.45, 7) is 1.56. The molecule has 0 amide bonds. The van der Waals surface area contributed by atoms with E-state index in [9.17, 15) is 18.0 Å². The van der Waals surface area contributed by atoms with E-state index >= 15 is 0 Å². The molecule has 16 heavy (non-hydrogen) atoms. The zero-order valence-corrected chi connectivity index (χ0v) is 8.28. The second kappa shape index (κ2) is 5.89. The van der Waals surface area contributed by atoms with E-state index < -0.39 is 12.1 Å². The van der Waals surface area contributed by atoms with Crippen LogP contribution in [0.25, 0.3) is 0 Å². The molecule has 1 rings (SSSR count). The third-order valence-corrected chi connectivity index (χ3v) is 1.42. The molecular formula is C10H9F3O3. The quantitative estimate of drug-likeness (QED) is 0.759. The van der Waals surface area contributed by atoms with Crippen LogP contribution in [0.2, 0.25) is 0 Å². The second-order valence-electron chi connectivity index (χ2n) is 2.73. The van der Waals surface area contributed by atoms with Crippen molar-refractivity contribution in [1.82, 2.24) is 0 Å². The molecule has 3 nitrogen and oxygen atoms in total. The number of ketones is 1. The van der Waals surface area contributed by atoms with E-state index in [0.717, 1.165) is 5.56 Å². The molecule has 0 unspecified atom stereocenters. The van der Waals surface area contributed by atoms with E-state index in [1.807, 2.05) is 30.3 Å². The average molecular weight is 234 g/mol. The Hall–Kier alpha value is -1.85. The monoisotopic (exact) mass is 234 g/mol. The number of rotatable bonds is 1. The van der Waals surface area contributed by atoms with Gasteiger partial charge in [0.05, 0.1) is 0 Å². The Morgan fingerprint density at radius 2 is 1.50 bits per heavy atom. The van der Waals surface area contributed by atoms with Crippen LogP contribution in [0.15, 0.2) is 30.3 Å². The second-order valence-corrected chi connectivity index (χ2v) is 2.73. The molecular weight excluding hydrogens is 225 g/mol. The van der Waals surface area contributed by atoms with E-state index in [-0.39, 0.29) is 5.78 Å². The summed E-state index contributed by atoms with van der Waals surface area (Å²) < 4.78 is 31.7. The highest BCUT2D eigenvalue weighted by atomic mass is 19.4. The zero-order valence-electron chi connectivity index (χ0n) is 8.28. The van der Waals surface area contributed by atoms with Gasteiger partial charge in [-0.05, 0) is 6.92 Å². The Morgan fingerprint density at radius 1 is 1.12 bits per heavy atom. The number of aliphatic carboxylic acids is 1. The number of Topliss-reactive ketones (excluding diaryl/α,β-unsaturated/α-hetero) is 1. The highest BCUT2D eigenvalue weighted by molar-refractivity contribution is 5.93. The smallest absolute Gasteiger partial charge is 0.475 e. The summed E-state index contributed by atoms with van der Waals surface area (Å²) in [5, 5.41) is 7.12. The van der Waals surface area contributed by atoms with Gasteiger partial charge in [0.15, 0.2) is 5.78 Å². The van der Waals surface area contributed by atoms with Crippen molar-refractivity contribution in [3.63, 3.8) is 0 Å². The summed E-state index contributed by atoms with van der Waals surface area (Å²) in [4.78, 5) is 19.5. The summed E-state index contributed by atoms with van der Waals surface area (Å²) in [6, 6.07) is 9.23. The molecule has 0 saturated carbocycles. The molecule has 0 bridgehead atoms. The third kappa shape index (κ3) is 5.79. The SMILES string of the molecule is CC(=O)c1ccccc1.O=C(O)C(F)(F)F. The fourth-order valence-electron chi connectivity index (χ4n) is 0.673. The van der Waals surface area contributed by atoms with Crippen LogP contribution in [0, 0.1) is 0 Å². The molecule has 88 valence electrons. The van der Waals surface area contributed by atoms with Gasteiger partial charge in [0, 0.05) is 5.56 Å². The van der Waals surface area contributed by atoms with Gasteiger partial charge in [0.1, 0.15) is 0 Å². The van der Waals surface area contributed by atoms with E-state index in [0.29, 0.717) is 0 Å². The zero-order chi connectivity index (χ0) is 12.8. The first-order valence-corrected chi connectivity index (χ1v) is 4.11. The predicted molar refractivity (Wildman–Crippen MR) is 50.1 cm³/mol. The van der Waals surface area contributed by atoms with Crippen molar-refractivity contribution in [1.29, 1.82) is 0 Å². The van der Waals surface area contributed by atoms with Gasteiger partial charge in [-0.1, -0.05) is 30.3 Å². The van der Waals surface area contributed by atoms with Crippen LogP contribution in [-0.4, -0.2) is 23.0 Å². The fourth-order valence-corrected chi connectivity index (χ4v) is 0.673. The van der Waals surface area contributed by atoms with Crippen LogP contribution in [0.1, 0.15) is 17.3 Å². The summed E-state index contributed by atoms with van der Waals surface area (Å²) >= 11 is 0. The molecule has 0 aliphatic carbocycles. The predicted octanol–water partition coefficient (Wildman–Crippen LogP) is 2.52. The molecule has 0 heterocycles. The lowest BCUT2D eigenvalue weighted by atomic mass is 10.2. The van der Waals surface area contributed by atoms with Gasteiger partial charge in [0.25, 0.3) is 0 Å². The van der Waals surface area contributed by atoms with Crippen molar-refractivity contribution in [2.24, 2.45) is 0 Å². The number of carboxylic acids is 1. The van der Waals surface area contributed by atoms with Crippen LogP contribution in [0.4, 0.5) is 13.2 Å². The molecule has 0 saturated heterocycles. The van der Waals surface area contributed by atoms with Gasteiger partial charge in [-0.25, -0.2) is 4.79 Å². The number of hydrogen-bond acceptors (Lipinski definition) is 2. The Morgan fingerprint density at radius 3 is 1.69 bits per heavy atom. The first kappa shape index (κ1) is 14.2. The first-order chi connectivity index (χ1) is 7.25. The average Bonchev–Trinajstić information content (AvgIpc) is 2.18. The van der Waals surface area contributed by atoms with Crippen molar-refractivity contribution in [3.05, 3.63) is 35.9 Å². The summed E-state index contributed by atoms with van der Waals surface area (Å²) in [7, 11) is 0. The molecule has 0 fully saturated rings. The number of alkyl halides is 3. The number of carboxylic acid groups (broad SMARTS) is 1. The number of carbonyl (C=O) groups excluding carboxylic acids is 1. The molecule has 0 radical (unpaired) electrons.